The smallest absolute Gasteiger partial charge is 0.252 e. The molecule has 21 heavy (non-hydrogen) atoms. The fourth-order valence-corrected chi connectivity index (χ4v) is 2.99. The number of sulfone groups is 1. The number of rotatable bonds is 4. The Labute approximate surface area is 124 Å². The van der Waals surface area contributed by atoms with Crippen molar-refractivity contribution < 1.29 is 18.3 Å². The second-order valence-corrected chi connectivity index (χ2v) is 7.41. The van der Waals surface area contributed by atoms with Crippen molar-refractivity contribution in [2.75, 3.05) is 12.9 Å². The van der Waals surface area contributed by atoms with Crippen molar-refractivity contribution in [3.63, 3.8) is 0 Å². The van der Waals surface area contributed by atoms with Crippen LogP contribution in [0.4, 0.5) is 0 Å². The molecule has 6 heteroatoms. The number of nitrogens with one attached hydrogen (secondary N) is 1. The maximum Gasteiger partial charge on any atom is 0.252 e. The predicted molar refractivity (Wildman–Crippen MR) is 79.9 cm³/mol. The van der Waals surface area contributed by atoms with Gasteiger partial charge in [0.2, 0.25) is 0 Å². The minimum atomic E-state index is -3.34. The van der Waals surface area contributed by atoms with Gasteiger partial charge in [0, 0.05) is 30.4 Å². The predicted octanol–water partition coefficient (Wildman–Crippen LogP) is 1.07. The number of aliphatic hydroxyl groups is 1. The van der Waals surface area contributed by atoms with E-state index in [-0.39, 0.29) is 29.4 Å². The summed E-state index contributed by atoms with van der Waals surface area (Å²) in [6.45, 7) is 1.83. The minimum Gasteiger partial charge on any atom is -0.396 e. The van der Waals surface area contributed by atoms with Gasteiger partial charge < -0.3 is 10.4 Å². The highest BCUT2D eigenvalue weighted by Crippen LogP contribution is 2.19. The lowest BCUT2D eigenvalue weighted by molar-refractivity contribution is 0.0940. The van der Waals surface area contributed by atoms with Crippen LogP contribution in [0.5, 0.6) is 0 Å². The highest BCUT2D eigenvalue weighted by molar-refractivity contribution is 7.90. The van der Waals surface area contributed by atoms with Crippen LogP contribution in [0.1, 0.15) is 22.3 Å². The fourth-order valence-electron chi connectivity index (χ4n) is 2.34. The van der Waals surface area contributed by atoms with Crippen molar-refractivity contribution in [2.45, 2.75) is 24.3 Å². The molecule has 5 nitrogen and oxygen atoms in total. The van der Waals surface area contributed by atoms with E-state index in [1.807, 2.05) is 12.2 Å². The molecular formula is C15H19NO4S. The van der Waals surface area contributed by atoms with Gasteiger partial charge >= 0.3 is 0 Å². The van der Waals surface area contributed by atoms with Crippen molar-refractivity contribution in [2.24, 2.45) is 5.92 Å². The summed E-state index contributed by atoms with van der Waals surface area (Å²) in [7, 11) is -3.34. The molecule has 0 radical (unpaired) electrons. The molecule has 0 spiro atoms. The molecule has 0 aliphatic heterocycles. The first-order chi connectivity index (χ1) is 9.81. The Morgan fingerprint density at radius 3 is 2.67 bits per heavy atom. The van der Waals surface area contributed by atoms with E-state index in [9.17, 15) is 13.2 Å². The molecule has 0 fully saturated rings. The van der Waals surface area contributed by atoms with Crippen LogP contribution in [0.2, 0.25) is 0 Å². The van der Waals surface area contributed by atoms with Crippen LogP contribution in [0.3, 0.4) is 0 Å². The quantitative estimate of drug-likeness (QED) is 0.815. The molecule has 1 aliphatic rings. The molecule has 0 unspecified atom stereocenters. The number of aliphatic hydroxyl groups excluding tert-OH is 1. The third-order valence-corrected chi connectivity index (χ3v) is 4.72. The number of amides is 1. The summed E-state index contributed by atoms with van der Waals surface area (Å²) in [4.78, 5) is 12.4. The molecule has 1 aliphatic carbocycles. The summed E-state index contributed by atoms with van der Waals surface area (Å²) in [6.07, 6.45) is 5.51. The summed E-state index contributed by atoms with van der Waals surface area (Å²) >= 11 is 0. The van der Waals surface area contributed by atoms with Crippen LogP contribution in [0.25, 0.3) is 0 Å². The number of hydrogen-bond acceptors (Lipinski definition) is 4. The molecule has 0 heterocycles. The Bertz CT molecular complexity index is 679. The van der Waals surface area contributed by atoms with E-state index in [1.165, 1.54) is 12.1 Å². The van der Waals surface area contributed by atoms with Crippen molar-refractivity contribution in [3.8, 4) is 0 Å². The van der Waals surface area contributed by atoms with E-state index < -0.39 is 9.84 Å². The highest BCUT2D eigenvalue weighted by atomic mass is 32.2. The zero-order valence-electron chi connectivity index (χ0n) is 12.0. The summed E-state index contributed by atoms with van der Waals surface area (Å²) in [5.41, 5.74) is 1.08. The molecule has 1 amide bonds. The molecular weight excluding hydrogens is 290 g/mol. The average molecular weight is 309 g/mol. The normalized spacial score (nSPS) is 21.5. The Hall–Kier alpha value is -1.66. The van der Waals surface area contributed by atoms with Gasteiger partial charge in [-0.3, -0.25) is 4.79 Å². The first kappa shape index (κ1) is 15.7. The highest BCUT2D eigenvalue weighted by Gasteiger charge is 2.21. The molecule has 1 aromatic carbocycles. The van der Waals surface area contributed by atoms with E-state index in [0.29, 0.717) is 12.0 Å². The molecule has 0 saturated heterocycles. The van der Waals surface area contributed by atoms with E-state index in [4.69, 9.17) is 5.11 Å². The van der Waals surface area contributed by atoms with Gasteiger partial charge in [-0.1, -0.05) is 18.2 Å². The molecule has 2 N–H and O–H groups in total. The van der Waals surface area contributed by atoms with Crippen LogP contribution in [-0.4, -0.2) is 38.3 Å². The van der Waals surface area contributed by atoms with Gasteiger partial charge in [-0.15, -0.1) is 0 Å². The standard InChI is InChI=1S/C15H19NO4S/c1-10-3-6-13(21(2,19)20)8-14(10)15(18)16-12-5-4-11(7-12)9-17/h3-6,8,11-12,17H,7,9H2,1-2H3,(H,16,18)/t11-,12+/m0/s1. The van der Waals surface area contributed by atoms with Crippen molar-refractivity contribution in [3.05, 3.63) is 41.5 Å². The Morgan fingerprint density at radius 2 is 2.10 bits per heavy atom. The van der Waals surface area contributed by atoms with Gasteiger partial charge in [-0.2, -0.15) is 0 Å². The first-order valence-electron chi connectivity index (χ1n) is 6.72. The molecule has 1 aromatic rings. The number of benzene rings is 1. The van der Waals surface area contributed by atoms with Gasteiger partial charge in [0.1, 0.15) is 0 Å². The van der Waals surface area contributed by atoms with Crippen molar-refractivity contribution >= 4 is 15.7 Å². The fraction of sp³-hybridized carbons (Fsp3) is 0.400. The van der Waals surface area contributed by atoms with Crippen LogP contribution in [-0.2, 0) is 9.84 Å². The van der Waals surface area contributed by atoms with Crippen LogP contribution in [0, 0.1) is 12.8 Å². The van der Waals surface area contributed by atoms with Crippen LogP contribution < -0.4 is 5.32 Å². The monoisotopic (exact) mass is 309 g/mol. The third kappa shape index (κ3) is 3.71. The zero-order chi connectivity index (χ0) is 15.6. The molecule has 0 bridgehead atoms. The average Bonchev–Trinajstić information content (AvgIpc) is 2.85. The number of hydrogen-bond donors (Lipinski definition) is 2. The molecule has 2 rings (SSSR count). The summed E-state index contributed by atoms with van der Waals surface area (Å²) in [5.74, 6) is -0.231. The summed E-state index contributed by atoms with van der Waals surface area (Å²) in [6, 6.07) is 4.41. The Balaban J connectivity index is 2.18. The van der Waals surface area contributed by atoms with Crippen LogP contribution in [0.15, 0.2) is 35.2 Å². The third-order valence-electron chi connectivity index (χ3n) is 3.61. The van der Waals surface area contributed by atoms with E-state index >= 15 is 0 Å². The van der Waals surface area contributed by atoms with Crippen LogP contribution >= 0.6 is 0 Å². The van der Waals surface area contributed by atoms with Gasteiger partial charge in [0.25, 0.3) is 5.91 Å². The zero-order valence-corrected chi connectivity index (χ0v) is 12.9. The SMILES string of the molecule is Cc1ccc(S(C)(=O)=O)cc1C(=O)N[C@@H]1C=C[C@H](CO)C1. The summed E-state index contributed by atoms with van der Waals surface area (Å²) < 4.78 is 23.1. The summed E-state index contributed by atoms with van der Waals surface area (Å²) in [5, 5.41) is 11.9. The maximum atomic E-state index is 12.3. The number of aryl methyl sites for hydroxylation is 1. The second-order valence-electron chi connectivity index (χ2n) is 5.39. The maximum absolute atomic E-state index is 12.3. The topological polar surface area (TPSA) is 83.5 Å². The molecule has 2 atom stereocenters. The number of carbonyl (C=O) groups is 1. The van der Waals surface area contributed by atoms with Gasteiger partial charge in [0.15, 0.2) is 9.84 Å². The van der Waals surface area contributed by atoms with E-state index in [2.05, 4.69) is 5.32 Å². The lowest BCUT2D eigenvalue weighted by Gasteiger charge is -2.14. The Morgan fingerprint density at radius 1 is 1.38 bits per heavy atom. The first-order valence-corrected chi connectivity index (χ1v) is 8.61. The Kier molecular flexibility index (Phi) is 4.49. The number of carbonyl (C=O) groups excluding carboxylic acids is 1. The minimum absolute atomic E-state index is 0.0610. The van der Waals surface area contributed by atoms with E-state index in [1.54, 1.807) is 13.0 Å². The van der Waals surface area contributed by atoms with Gasteiger partial charge in [0.05, 0.1) is 4.90 Å². The van der Waals surface area contributed by atoms with Gasteiger partial charge in [-0.05, 0) is 31.0 Å². The second kappa shape index (κ2) is 5.99. The molecule has 0 saturated carbocycles. The van der Waals surface area contributed by atoms with Gasteiger partial charge in [-0.25, -0.2) is 8.42 Å². The van der Waals surface area contributed by atoms with E-state index in [0.717, 1.165) is 11.8 Å². The lowest BCUT2D eigenvalue weighted by Crippen LogP contribution is -2.33. The molecule has 0 aromatic heterocycles. The largest absolute Gasteiger partial charge is 0.396 e. The van der Waals surface area contributed by atoms with Crippen molar-refractivity contribution in [1.82, 2.24) is 5.32 Å². The van der Waals surface area contributed by atoms with Crippen molar-refractivity contribution in [1.29, 1.82) is 0 Å². The lowest BCUT2D eigenvalue weighted by atomic mass is 10.1. The molecule has 114 valence electrons.